The van der Waals surface area contributed by atoms with Crippen LogP contribution in [0.1, 0.15) is 47.4 Å². The van der Waals surface area contributed by atoms with Crippen molar-refractivity contribution in [2.24, 2.45) is 5.10 Å². The van der Waals surface area contributed by atoms with Gasteiger partial charge in [-0.05, 0) is 43.5 Å². The number of amides is 1. The van der Waals surface area contributed by atoms with Crippen LogP contribution in [0.2, 0.25) is 10.0 Å². The van der Waals surface area contributed by atoms with Gasteiger partial charge in [-0.25, -0.2) is 5.43 Å². The lowest BCUT2D eigenvalue weighted by molar-refractivity contribution is 0.0950. The van der Waals surface area contributed by atoms with Gasteiger partial charge in [0.1, 0.15) is 0 Å². The highest BCUT2D eigenvalue weighted by Crippen LogP contribution is 2.38. The summed E-state index contributed by atoms with van der Waals surface area (Å²) >= 11 is 11.8. The van der Waals surface area contributed by atoms with E-state index in [1.165, 1.54) is 0 Å². The van der Waals surface area contributed by atoms with Gasteiger partial charge in [-0.1, -0.05) is 29.3 Å². The minimum atomic E-state index is -0.345. The molecule has 0 bridgehead atoms. The molecule has 0 aliphatic heterocycles. The van der Waals surface area contributed by atoms with Crippen molar-refractivity contribution >= 4 is 34.8 Å². The van der Waals surface area contributed by atoms with Gasteiger partial charge in [-0.2, -0.15) is 10.2 Å². The molecular weight excluding hydrogens is 323 g/mol. The molecule has 5 nitrogen and oxygen atoms in total. The summed E-state index contributed by atoms with van der Waals surface area (Å²) in [6.45, 7) is 1.78. The van der Waals surface area contributed by atoms with Gasteiger partial charge in [0, 0.05) is 11.6 Å². The van der Waals surface area contributed by atoms with Crippen molar-refractivity contribution < 1.29 is 4.79 Å². The summed E-state index contributed by atoms with van der Waals surface area (Å²) in [5, 5.41) is 11.9. The molecule has 1 heterocycles. The number of nitrogens with zero attached hydrogens (tertiary/aromatic N) is 2. The van der Waals surface area contributed by atoms with Crippen LogP contribution >= 0.6 is 23.2 Å². The minimum absolute atomic E-state index is 0.340. The number of aromatic amines is 1. The van der Waals surface area contributed by atoms with Crippen molar-refractivity contribution in [2.45, 2.75) is 25.7 Å². The number of H-pyrrole nitrogens is 1. The maximum atomic E-state index is 12.0. The lowest BCUT2D eigenvalue weighted by Gasteiger charge is -2.03. The van der Waals surface area contributed by atoms with Crippen LogP contribution in [0.5, 0.6) is 0 Å². The van der Waals surface area contributed by atoms with E-state index in [9.17, 15) is 4.79 Å². The van der Waals surface area contributed by atoms with Crippen molar-refractivity contribution in [2.75, 3.05) is 0 Å². The molecule has 0 saturated heterocycles. The summed E-state index contributed by atoms with van der Waals surface area (Å²) in [6, 6.07) is 6.96. The fourth-order valence-electron chi connectivity index (χ4n) is 2.03. The van der Waals surface area contributed by atoms with Crippen LogP contribution in [0.4, 0.5) is 0 Å². The third-order valence-corrected chi connectivity index (χ3v) is 4.25. The molecule has 3 rings (SSSR count). The quantitative estimate of drug-likeness (QED) is 0.659. The van der Waals surface area contributed by atoms with E-state index in [1.807, 2.05) is 0 Å². The molecule has 7 heteroatoms. The number of hydrogen-bond acceptors (Lipinski definition) is 3. The van der Waals surface area contributed by atoms with Crippen molar-refractivity contribution in [3.63, 3.8) is 0 Å². The second-order valence-electron chi connectivity index (χ2n) is 5.25. The standard InChI is InChI=1S/C15H14Cl2N4O/c1-8(10-4-5-11(16)12(17)6-10)18-21-15(22)14-7-13(19-20-14)9-2-3-9/h4-7,9H,2-3H2,1H3,(H,19,20)(H,21,22). The Labute approximate surface area is 137 Å². The SMILES string of the molecule is CC(=NNC(=O)c1cc(C2CC2)[nH]n1)c1ccc(Cl)c(Cl)c1. The molecule has 1 aliphatic rings. The highest BCUT2D eigenvalue weighted by Gasteiger charge is 2.26. The third-order valence-electron chi connectivity index (χ3n) is 3.51. The molecule has 2 aromatic rings. The van der Waals surface area contributed by atoms with E-state index in [0.717, 1.165) is 24.1 Å². The maximum Gasteiger partial charge on any atom is 0.291 e. The first-order valence-electron chi connectivity index (χ1n) is 6.90. The first-order valence-corrected chi connectivity index (χ1v) is 7.65. The molecule has 1 aliphatic carbocycles. The second-order valence-corrected chi connectivity index (χ2v) is 6.06. The van der Waals surface area contributed by atoms with E-state index >= 15 is 0 Å². The predicted octanol–water partition coefficient (Wildman–Crippen LogP) is 3.75. The predicted molar refractivity (Wildman–Crippen MR) is 86.7 cm³/mol. The molecule has 1 amide bonds. The zero-order valence-electron chi connectivity index (χ0n) is 11.9. The van der Waals surface area contributed by atoms with Gasteiger partial charge < -0.3 is 0 Å². The molecule has 1 aromatic heterocycles. The molecule has 1 aromatic carbocycles. The third kappa shape index (κ3) is 3.31. The highest BCUT2D eigenvalue weighted by molar-refractivity contribution is 6.42. The number of aromatic nitrogens is 2. The molecule has 2 N–H and O–H groups in total. The van der Waals surface area contributed by atoms with E-state index in [-0.39, 0.29) is 5.91 Å². The van der Waals surface area contributed by atoms with Crippen LogP contribution in [0.3, 0.4) is 0 Å². The van der Waals surface area contributed by atoms with Crippen LogP contribution in [0.25, 0.3) is 0 Å². The summed E-state index contributed by atoms with van der Waals surface area (Å²) in [5.41, 5.74) is 5.26. The number of halogens is 2. The fraction of sp³-hybridized carbons (Fsp3) is 0.267. The first kappa shape index (κ1) is 15.1. The number of hydrogen-bond donors (Lipinski definition) is 2. The van der Waals surface area contributed by atoms with E-state index in [2.05, 4.69) is 20.7 Å². The molecule has 0 radical (unpaired) electrons. The molecule has 0 atom stereocenters. The van der Waals surface area contributed by atoms with Crippen LogP contribution < -0.4 is 5.43 Å². The van der Waals surface area contributed by atoms with E-state index < -0.39 is 0 Å². The molecule has 114 valence electrons. The molecule has 0 spiro atoms. The Morgan fingerprint density at radius 2 is 2.09 bits per heavy atom. The fourth-order valence-corrected chi connectivity index (χ4v) is 2.33. The summed E-state index contributed by atoms with van der Waals surface area (Å²) in [6.07, 6.45) is 2.30. The Hall–Kier alpha value is -1.85. The summed E-state index contributed by atoms with van der Waals surface area (Å²) in [7, 11) is 0. The normalized spacial score (nSPS) is 15.0. The Bertz CT molecular complexity index is 750. The van der Waals surface area contributed by atoms with Crippen LogP contribution in [-0.4, -0.2) is 21.8 Å². The topological polar surface area (TPSA) is 70.1 Å². The van der Waals surface area contributed by atoms with Gasteiger partial charge in [0.05, 0.1) is 15.8 Å². The van der Waals surface area contributed by atoms with Gasteiger partial charge in [-0.15, -0.1) is 0 Å². The minimum Gasteiger partial charge on any atom is -0.281 e. The zero-order chi connectivity index (χ0) is 15.7. The average Bonchev–Trinajstić information content (AvgIpc) is 3.24. The smallest absolute Gasteiger partial charge is 0.281 e. The van der Waals surface area contributed by atoms with Gasteiger partial charge >= 0.3 is 0 Å². The molecule has 1 fully saturated rings. The summed E-state index contributed by atoms with van der Waals surface area (Å²) < 4.78 is 0. The average molecular weight is 337 g/mol. The highest BCUT2D eigenvalue weighted by atomic mass is 35.5. The second kappa shape index (κ2) is 6.10. The number of carbonyl (C=O) groups is 1. The van der Waals surface area contributed by atoms with Crippen molar-refractivity contribution in [3.8, 4) is 0 Å². The number of carbonyl (C=O) groups excluding carboxylic acids is 1. The molecule has 22 heavy (non-hydrogen) atoms. The first-order chi connectivity index (χ1) is 10.5. The van der Waals surface area contributed by atoms with Gasteiger partial charge in [0.2, 0.25) is 0 Å². The van der Waals surface area contributed by atoms with E-state index in [1.54, 1.807) is 31.2 Å². The largest absolute Gasteiger partial charge is 0.291 e. The summed E-state index contributed by atoms with van der Waals surface area (Å²) in [4.78, 5) is 12.0. The lowest BCUT2D eigenvalue weighted by Crippen LogP contribution is -2.19. The number of hydrazone groups is 1. The molecular formula is C15H14Cl2N4O. The summed E-state index contributed by atoms with van der Waals surface area (Å²) in [5.74, 6) is 0.179. The maximum absolute atomic E-state index is 12.0. The Morgan fingerprint density at radius 1 is 1.32 bits per heavy atom. The van der Waals surface area contributed by atoms with Crippen molar-refractivity contribution in [1.29, 1.82) is 0 Å². The monoisotopic (exact) mass is 336 g/mol. The Kier molecular flexibility index (Phi) is 4.18. The van der Waals surface area contributed by atoms with Gasteiger partial charge in [-0.3, -0.25) is 9.89 Å². The Morgan fingerprint density at radius 3 is 2.77 bits per heavy atom. The van der Waals surface area contributed by atoms with Crippen LogP contribution in [0, 0.1) is 0 Å². The van der Waals surface area contributed by atoms with Crippen molar-refractivity contribution in [3.05, 3.63) is 51.3 Å². The number of nitrogens with one attached hydrogen (secondary N) is 2. The Balaban J connectivity index is 1.68. The lowest BCUT2D eigenvalue weighted by atomic mass is 10.1. The van der Waals surface area contributed by atoms with Gasteiger partial charge in [0.25, 0.3) is 5.91 Å². The van der Waals surface area contributed by atoms with E-state index in [4.69, 9.17) is 23.2 Å². The molecule has 0 unspecified atom stereocenters. The van der Waals surface area contributed by atoms with Crippen molar-refractivity contribution in [1.82, 2.24) is 15.6 Å². The molecule has 1 saturated carbocycles. The van der Waals surface area contributed by atoms with E-state index in [0.29, 0.717) is 27.4 Å². The van der Waals surface area contributed by atoms with Crippen LogP contribution in [0.15, 0.2) is 29.4 Å². The number of benzene rings is 1. The zero-order valence-corrected chi connectivity index (χ0v) is 13.4. The number of rotatable bonds is 4. The van der Waals surface area contributed by atoms with Gasteiger partial charge in [0.15, 0.2) is 5.69 Å². The van der Waals surface area contributed by atoms with Crippen LogP contribution in [-0.2, 0) is 0 Å².